The molecule has 20 heavy (non-hydrogen) atoms. The summed E-state index contributed by atoms with van der Waals surface area (Å²) in [6, 6.07) is 6.61. The Kier molecular flexibility index (Phi) is 7.17. The van der Waals surface area contributed by atoms with Crippen molar-refractivity contribution in [3.63, 3.8) is 0 Å². The van der Waals surface area contributed by atoms with E-state index in [1.807, 2.05) is 0 Å². The summed E-state index contributed by atoms with van der Waals surface area (Å²) >= 11 is 0. The van der Waals surface area contributed by atoms with Crippen LogP contribution in [0.3, 0.4) is 0 Å². The maximum atomic E-state index is 11.4. The summed E-state index contributed by atoms with van der Waals surface area (Å²) in [5.41, 5.74) is 0.687. The Balaban J connectivity index is 2.27. The van der Waals surface area contributed by atoms with Gasteiger partial charge in [0.05, 0.1) is 13.0 Å². The van der Waals surface area contributed by atoms with Crippen molar-refractivity contribution in [2.24, 2.45) is 0 Å². The van der Waals surface area contributed by atoms with E-state index >= 15 is 0 Å². The molecule has 1 aromatic carbocycles. The topological polar surface area (TPSA) is 72.8 Å². The second-order valence-corrected chi connectivity index (χ2v) is 4.43. The second-order valence-electron chi connectivity index (χ2n) is 4.43. The van der Waals surface area contributed by atoms with Gasteiger partial charge >= 0.3 is 11.9 Å². The van der Waals surface area contributed by atoms with Crippen molar-refractivity contribution < 1.29 is 24.2 Å². The van der Waals surface area contributed by atoms with E-state index in [0.29, 0.717) is 17.9 Å². The molecule has 0 fully saturated rings. The van der Waals surface area contributed by atoms with Crippen molar-refractivity contribution in [1.29, 1.82) is 0 Å². The number of carboxylic acids is 1. The predicted molar refractivity (Wildman–Crippen MR) is 73.8 cm³/mol. The Morgan fingerprint density at radius 2 is 1.85 bits per heavy atom. The van der Waals surface area contributed by atoms with E-state index in [0.717, 1.165) is 19.3 Å². The maximum absolute atomic E-state index is 11.4. The zero-order chi connectivity index (χ0) is 14.8. The first-order chi connectivity index (χ1) is 9.61. The molecule has 0 heterocycles. The minimum absolute atomic E-state index is 0.0280. The lowest BCUT2D eigenvalue weighted by molar-refractivity contribution is -0.146. The molecule has 0 aromatic heterocycles. The molecule has 0 atom stereocenters. The normalized spacial score (nSPS) is 10.1. The molecule has 1 N–H and O–H groups in total. The predicted octanol–water partition coefficient (Wildman–Crippen LogP) is 2.43. The fourth-order valence-electron chi connectivity index (χ4n) is 1.60. The van der Waals surface area contributed by atoms with Gasteiger partial charge in [-0.25, -0.2) is 4.79 Å². The molecule has 1 rings (SSSR count). The van der Waals surface area contributed by atoms with Gasteiger partial charge in [-0.15, -0.1) is 0 Å². The van der Waals surface area contributed by atoms with E-state index in [1.54, 1.807) is 24.3 Å². The molecule has 1 aromatic rings. The highest BCUT2D eigenvalue weighted by molar-refractivity contribution is 5.71. The summed E-state index contributed by atoms with van der Waals surface area (Å²) in [5, 5.41) is 8.64. The maximum Gasteiger partial charge on any atom is 0.344 e. The van der Waals surface area contributed by atoms with Gasteiger partial charge in [-0.2, -0.15) is 0 Å². The lowest BCUT2D eigenvalue weighted by Crippen LogP contribution is -2.15. The monoisotopic (exact) mass is 280 g/mol. The number of benzene rings is 1. The highest BCUT2D eigenvalue weighted by Crippen LogP contribution is 2.12. The smallest absolute Gasteiger partial charge is 0.344 e. The van der Waals surface area contributed by atoms with Gasteiger partial charge in [-0.05, 0) is 24.1 Å². The number of hydrogen-bond donors (Lipinski definition) is 1. The number of hydrogen-bond acceptors (Lipinski definition) is 4. The third-order valence-corrected chi connectivity index (χ3v) is 2.65. The van der Waals surface area contributed by atoms with Crippen molar-refractivity contribution in [3.8, 4) is 5.75 Å². The average Bonchev–Trinajstić information content (AvgIpc) is 2.42. The number of unbranched alkanes of at least 4 members (excludes halogenated alkanes) is 2. The van der Waals surface area contributed by atoms with E-state index in [1.165, 1.54) is 0 Å². The van der Waals surface area contributed by atoms with Crippen LogP contribution >= 0.6 is 0 Å². The van der Waals surface area contributed by atoms with Gasteiger partial charge in [0, 0.05) is 0 Å². The minimum Gasteiger partial charge on any atom is -0.482 e. The van der Waals surface area contributed by atoms with Gasteiger partial charge in [0.2, 0.25) is 0 Å². The summed E-state index contributed by atoms with van der Waals surface area (Å²) in [7, 11) is 0. The van der Waals surface area contributed by atoms with Crippen molar-refractivity contribution in [1.82, 2.24) is 0 Å². The molecule has 0 aliphatic rings. The first-order valence-electron chi connectivity index (χ1n) is 6.71. The van der Waals surface area contributed by atoms with Crippen molar-refractivity contribution in [3.05, 3.63) is 29.8 Å². The molecular weight excluding hydrogens is 260 g/mol. The molecule has 0 aliphatic carbocycles. The second kappa shape index (κ2) is 8.96. The molecule has 5 nitrogen and oxygen atoms in total. The van der Waals surface area contributed by atoms with Crippen LogP contribution in [0, 0.1) is 0 Å². The Bertz CT molecular complexity index is 424. The largest absolute Gasteiger partial charge is 0.482 e. The van der Waals surface area contributed by atoms with Crippen LogP contribution in [0.2, 0.25) is 0 Å². The van der Waals surface area contributed by atoms with Crippen molar-refractivity contribution >= 4 is 11.9 Å². The summed E-state index contributed by atoms with van der Waals surface area (Å²) < 4.78 is 10.3. The van der Waals surface area contributed by atoms with E-state index < -0.39 is 11.9 Å². The first kappa shape index (κ1) is 16.0. The van der Waals surface area contributed by atoms with Gasteiger partial charge in [-0.3, -0.25) is 4.79 Å². The van der Waals surface area contributed by atoms with Crippen LogP contribution in [0.1, 0.15) is 31.7 Å². The zero-order valence-electron chi connectivity index (χ0n) is 11.6. The molecule has 110 valence electrons. The summed E-state index contributed by atoms with van der Waals surface area (Å²) in [6.45, 7) is 2.37. The Morgan fingerprint density at radius 3 is 2.45 bits per heavy atom. The van der Waals surface area contributed by atoms with Crippen LogP contribution in [0.15, 0.2) is 24.3 Å². The molecule has 0 radical (unpaired) electrons. The number of carbonyl (C=O) groups is 2. The molecule has 0 unspecified atom stereocenters. The van der Waals surface area contributed by atoms with Gasteiger partial charge in [0.15, 0.2) is 6.61 Å². The summed E-state index contributed by atoms with van der Waals surface area (Å²) in [6.07, 6.45) is 2.96. The van der Waals surface area contributed by atoms with Crippen molar-refractivity contribution in [2.45, 2.75) is 32.6 Å². The van der Waals surface area contributed by atoms with Crippen LogP contribution in [0.25, 0.3) is 0 Å². The highest BCUT2D eigenvalue weighted by atomic mass is 16.6. The van der Waals surface area contributed by atoms with Gasteiger partial charge in [0.1, 0.15) is 5.75 Å². The fraction of sp³-hybridized carbons (Fsp3) is 0.467. The van der Waals surface area contributed by atoms with Crippen molar-refractivity contribution in [2.75, 3.05) is 13.2 Å². The van der Waals surface area contributed by atoms with E-state index in [-0.39, 0.29) is 13.0 Å². The number of carbonyl (C=O) groups excluding carboxylic acids is 1. The van der Waals surface area contributed by atoms with E-state index in [4.69, 9.17) is 14.6 Å². The highest BCUT2D eigenvalue weighted by Gasteiger charge is 2.05. The average molecular weight is 280 g/mol. The molecule has 0 aliphatic heterocycles. The molecule has 0 saturated carbocycles. The van der Waals surface area contributed by atoms with Crippen LogP contribution in [-0.2, 0) is 20.7 Å². The minimum atomic E-state index is -0.880. The molecule has 0 bridgehead atoms. The van der Waals surface area contributed by atoms with E-state index in [2.05, 4.69) is 6.92 Å². The Morgan fingerprint density at radius 1 is 1.15 bits per heavy atom. The lowest BCUT2D eigenvalue weighted by Gasteiger charge is -2.07. The Hall–Kier alpha value is -2.04. The van der Waals surface area contributed by atoms with Gasteiger partial charge in [-0.1, -0.05) is 31.9 Å². The molecule has 0 spiro atoms. The summed E-state index contributed by atoms with van der Waals surface area (Å²) in [5.74, 6) is -0.755. The number of ether oxygens (including phenoxy) is 2. The van der Waals surface area contributed by atoms with Crippen LogP contribution in [-0.4, -0.2) is 30.3 Å². The lowest BCUT2D eigenvalue weighted by atomic mass is 10.1. The third-order valence-electron chi connectivity index (χ3n) is 2.65. The van der Waals surface area contributed by atoms with Gasteiger partial charge in [0.25, 0.3) is 0 Å². The Labute approximate surface area is 118 Å². The quantitative estimate of drug-likeness (QED) is 0.555. The van der Waals surface area contributed by atoms with Crippen LogP contribution in [0.4, 0.5) is 0 Å². The first-order valence-corrected chi connectivity index (χ1v) is 6.71. The van der Waals surface area contributed by atoms with Crippen LogP contribution in [0.5, 0.6) is 5.75 Å². The number of esters is 1. The third kappa shape index (κ3) is 6.78. The SMILES string of the molecule is CCCCCOC(=O)COc1ccc(CC(=O)O)cc1. The molecule has 0 amide bonds. The number of aliphatic carboxylic acids is 1. The van der Waals surface area contributed by atoms with Gasteiger partial charge < -0.3 is 14.6 Å². The molecule has 0 saturated heterocycles. The van der Waals surface area contributed by atoms with E-state index in [9.17, 15) is 9.59 Å². The number of rotatable bonds is 9. The fourth-order valence-corrected chi connectivity index (χ4v) is 1.60. The standard InChI is InChI=1S/C15H20O5/c1-2-3-4-9-19-15(18)11-20-13-7-5-12(6-8-13)10-14(16)17/h5-8H,2-4,9-11H2,1H3,(H,16,17). The zero-order valence-corrected chi connectivity index (χ0v) is 11.6. The molecule has 5 heteroatoms. The molecular formula is C15H20O5. The summed E-state index contributed by atoms with van der Waals surface area (Å²) in [4.78, 5) is 21.9. The van der Waals surface area contributed by atoms with Crippen LogP contribution < -0.4 is 4.74 Å². The number of carboxylic acid groups (broad SMARTS) is 1.